The van der Waals surface area contributed by atoms with Crippen LogP contribution in [0.2, 0.25) is 0 Å². The SMILES string of the molecule is CCCCOC1CCC(CCC2CCC(C3CCC(C4CCC(OCC)CC4)C(F)C3F)CC2)C(F)C1. The van der Waals surface area contributed by atoms with Gasteiger partial charge in [-0.2, -0.15) is 0 Å². The van der Waals surface area contributed by atoms with Gasteiger partial charge in [0.25, 0.3) is 0 Å². The molecule has 216 valence electrons. The van der Waals surface area contributed by atoms with Gasteiger partial charge >= 0.3 is 0 Å². The zero-order chi connectivity index (χ0) is 26.2. The highest BCUT2D eigenvalue weighted by atomic mass is 19.2. The van der Waals surface area contributed by atoms with Crippen LogP contribution in [0.3, 0.4) is 0 Å². The number of alkyl halides is 3. The average Bonchev–Trinajstić information content (AvgIpc) is 2.91. The third kappa shape index (κ3) is 8.12. The Hall–Kier alpha value is -0.290. The van der Waals surface area contributed by atoms with E-state index in [-0.39, 0.29) is 23.9 Å². The minimum Gasteiger partial charge on any atom is -0.379 e. The van der Waals surface area contributed by atoms with Crippen LogP contribution >= 0.6 is 0 Å². The van der Waals surface area contributed by atoms with Gasteiger partial charge in [0.15, 0.2) is 0 Å². The molecule has 4 rings (SSSR count). The van der Waals surface area contributed by atoms with Crippen molar-refractivity contribution in [3.63, 3.8) is 0 Å². The summed E-state index contributed by atoms with van der Waals surface area (Å²) in [6.45, 7) is 5.69. The highest BCUT2D eigenvalue weighted by Gasteiger charge is 2.46. The van der Waals surface area contributed by atoms with Crippen LogP contribution < -0.4 is 0 Å². The van der Waals surface area contributed by atoms with E-state index in [9.17, 15) is 4.39 Å². The fourth-order valence-corrected chi connectivity index (χ4v) is 8.45. The zero-order valence-corrected chi connectivity index (χ0v) is 23.7. The van der Waals surface area contributed by atoms with Crippen LogP contribution in [0.4, 0.5) is 13.2 Å². The summed E-state index contributed by atoms with van der Waals surface area (Å²) in [4.78, 5) is 0. The molecule has 4 fully saturated rings. The Bertz CT molecular complexity index is 632. The Morgan fingerprint density at radius 3 is 1.78 bits per heavy atom. The number of ether oxygens (including phenoxy) is 2. The second-order valence-electron chi connectivity index (χ2n) is 13.1. The molecule has 37 heavy (non-hydrogen) atoms. The second-order valence-corrected chi connectivity index (χ2v) is 13.1. The first-order valence-electron chi connectivity index (χ1n) is 16.1. The lowest BCUT2D eigenvalue weighted by atomic mass is 9.63. The first-order chi connectivity index (χ1) is 18.0. The molecule has 4 saturated carbocycles. The van der Waals surface area contributed by atoms with Gasteiger partial charge in [-0.3, -0.25) is 0 Å². The normalized spacial score (nSPS) is 43.5. The molecule has 0 aromatic heterocycles. The Balaban J connectivity index is 1.14. The van der Waals surface area contributed by atoms with Crippen LogP contribution in [-0.4, -0.2) is 43.9 Å². The van der Waals surface area contributed by atoms with Gasteiger partial charge in [0.2, 0.25) is 0 Å². The molecule has 2 nitrogen and oxygen atoms in total. The molecular weight excluding hydrogens is 473 g/mol. The zero-order valence-electron chi connectivity index (χ0n) is 23.7. The quantitative estimate of drug-likeness (QED) is 0.249. The van der Waals surface area contributed by atoms with E-state index < -0.39 is 18.5 Å². The van der Waals surface area contributed by atoms with Crippen LogP contribution in [0, 0.1) is 35.5 Å². The van der Waals surface area contributed by atoms with E-state index in [0.29, 0.717) is 30.3 Å². The molecule has 0 radical (unpaired) electrons. The van der Waals surface area contributed by atoms with Crippen LogP contribution in [0.15, 0.2) is 0 Å². The standard InChI is InChI=1S/C32H55F3O2/c1-3-5-20-37-27-17-14-25(30(33)21-27)11-8-22-6-9-23(10-7-22)28-18-19-29(32(35)31(28)34)24-12-15-26(16-13-24)36-4-2/h22-32H,3-21H2,1-2H3. The molecule has 0 heterocycles. The summed E-state index contributed by atoms with van der Waals surface area (Å²) >= 11 is 0. The Morgan fingerprint density at radius 1 is 0.622 bits per heavy atom. The van der Waals surface area contributed by atoms with Crippen molar-refractivity contribution >= 4 is 0 Å². The van der Waals surface area contributed by atoms with Crippen molar-refractivity contribution in [2.24, 2.45) is 35.5 Å². The summed E-state index contributed by atoms with van der Waals surface area (Å²) in [5.74, 6) is 1.31. The highest BCUT2D eigenvalue weighted by Crippen LogP contribution is 2.48. The largest absolute Gasteiger partial charge is 0.379 e. The second kappa shape index (κ2) is 14.9. The lowest BCUT2D eigenvalue weighted by molar-refractivity contribution is -0.0477. The summed E-state index contributed by atoms with van der Waals surface area (Å²) in [5, 5.41) is 0. The predicted octanol–water partition coefficient (Wildman–Crippen LogP) is 9.19. The summed E-state index contributed by atoms with van der Waals surface area (Å²) in [7, 11) is 0. The number of unbranched alkanes of at least 4 members (excludes halogenated alkanes) is 1. The molecule has 0 spiro atoms. The first kappa shape index (κ1) is 29.7. The van der Waals surface area contributed by atoms with Crippen LogP contribution in [-0.2, 0) is 9.47 Å². The van der Waals surface area contributed by atoms with Gasteiger partial charge < -0.3 is 9.47 Å². The summed E-state index contributed by atoms with van der Waals surface area (Å²) in [5.41, 5.74) is 0. The third-order valence-electron chi connectivity index (χ3n) is 10.8. The van der Waals surface area contributed by atoms with Crippen molar-refractivity contribution in [2.75, 3.05) is 13.2 Å². The number of hydrogen-bond donors (Lipinski definition) is 0. The van der Waals surface area contributed by atoms with Gasteiger partial charge in [-0.15, -0.1) is 0 Å². The van der Waals surface area contributed by atoms with Gasteiger partial charge in [-0.1, -0.05) is 32.6 Å². The fraction of sp³-hybridized carbons (Fsp3) is 1.00. The molecule has 7 unspecified atom stereocenters. The van der Waals surface area contributed by atoms with Crippen molar-refractivity contribution in [3.8, 4) is 0 Å². The Labute approximate surface area is 225 Å². The van der Waals surface area contributed by atoms with Crippen molar-refractivity contribution in [2.45, 2.75) is 154 Å². The minimum atomic E-state index is -1.29. The van der Waals surface area contributed by atoms with E-state index in [2.05, 4.69) is 6.92 Å². The van der Waals surface area contributed by atoms with Crippen LogP contribution in [0.25, 0.3) is 0 Å². The average molecular weight is 529 g/mol. The predicted molar refractivity (Wildman–Crippen MR) is 145 cm³/mol. The lowest BCUT2D eigenvalue weighted by Gasteiger charge is -2.44. The van der Waals surface area contributed by atoms with Crippen LogP contribution in [0.1, 0.15) is 123 Å². The smallest absolute Gasteiger partial charge is 0.134 e. The fourth-order valence-electron chi connectivity index (χ4n) is 8.45. The number of halogens is 3. The van der Waals surface area contributed by atoms with Gasteiger partial charge in [-0.25, -0.2) is 13.2 Å². The highest BCUT2D eigenvalue weighted by molar-refractivity contribution is 4.95. The summed E-state index contributed by atoms with van der Waals surface area (Å²) in [6.07, 6.45) is 13.9. The Kier molecular flexibility index (Phi) is 12.0. The van der Waals surface area contributed by atoms with E-state index in [1.165, 1.54) is 0 Å². The molecule has 5 heteroatoms. The maximum Gasteiger partial charge on any atom is 0.134 e. The van der Waals surface area contributed by atoms with E-state index in [4.69, 9.17) is 9.47 Å². The number of rotatable bonds is 11. The van der Waals surface area contributed by atoms with Crippen LogP contribution in [0.5, 0.6) is 0 Å². The maximum absolute atomic E-state index is 15.4. The van der Waals surface area contributed by atoms with E-state index in [0.717, 1.165) is 116 Å². The monoisotopic (exact) mass is 528 g/mol. The lowest BCUT2D eigenvalue weighted by Crippen LogP contribution is -2.45. The van der Waals surface area contributed by atoms with Crippen molar-refractivity contribution < 1.29 is 22.6 Å². The third-order valence-corrected chi connectivity index (χ3v) is 10.8. The molecule has 0 saturated heterocycles. The molecule has 0 aliphatic heterocycles. The topological polar surface area (TPSA) is 18.5 Å². The molecule has 0 amide bonds. The van der Waals surface area contributed by atoms with Crippen molar-refractivity contribution in [1.82, 2.24) is 0 Å². The molecule has 0 bridgehead atoms. The molecule has 0 aromatic rings. The van der Waals surface area contributed by atoms with E-state index in [1.807, 2.05) is 6.92 Å². The Morgan fingerprint density at radius 2 is 1.22 bits per heavy atom. The van der Waals surface area contributed by atoms with Gasteiger partial charge in [-0.05, 0) is 119 Å². The van der Waals surface area contributed by atoms with Crippen molar-refractivity contribution in [3.05, 3.63) is 0 Å². The van der Waals surface area contributed by atoms with Gasteiger partial charge in [0.05, 0.1) is 12.2 Å². The molecule has 7 atom stereocenters. The van der Waals surface area contributed by atoms with E-state index in [1.54, 1.807) is 0 Å². The molecular formula is C32H55F3O2. The number of hydrogen-bond acceptors (Lipinski definition) is 2. The molecule has 0 aromatic carbocycles. The first-order valence-corrected chi connectivity index (χ1v) is 16.1. The van der Waals surface area contributed by atoms with Gasteiger partial charge in [0.1, 0.15) is 18.5 Å². The molecule has 4 aliphatic rings. The summed E-state index contributed by atoms with van der Waals surface area (Å²) in [6, 6.07) is 0. The van der Waals surface area contributed by atoms with Crippen molar-refractivity contribution in [1.29, 1.82) is 0 Å². The van der Waals surface area contributed by atoms with E-state index >= 15 is 8.78 Å². The summed E-state index contributed by atoms with van der Waals surface area (Å²) < 4.78 is 57.3. The van der Waals surface area contributed by atoms with Gasteiger partial charge in [0, 0.05) is 19.6 Å². The minimum absolute atomic E-state index is 0.0917. The maximum atomic E-state index is 15.4. The molecule has 4 aliphatic carbocycles. The molecule has 0 N–H and O–H groups in total.